The Morgan fingerprint density at radius 3 is 2.81 bits per heavy atom. The van der Waals surface area contributed by atoms with Crippen LogP contribution in [0.1, 0.15) is 6.92 Å². The number of nitrogens with one attached hydrogen (secondary N) is 1. The van der Waals surface area contributed by atoms with Gasteiger partial charge < -0.3 is 5.32 Å². The monoisotopic (exact) mass is 277 g/mol. The van der Waals surface area contributed by atoms with Crippen LogP contribution in [0.5, 0.6) is 0 Å². The molecule has 0 fully saturated rings. The molecule has 0 saturated carbocycles. The fraction of sp³-hybridized carbons (Fsp3) is 0.167. The molecule has 16 heavy (non-hydrogen) atoms. The molecule has 3 nitrogen and oxygen atoms in total. The third kappa shape index (κ3) is 2.39. The number of benzene rings is 1. The van der Waals surface area contributed by atoms with Gasteiger partial charge in [-0.2, -0.15) is 0 Å². The van der Waals surface area contributed by atoms with Gasteiger partial charge in [-0.15, -0.1) is 0 Å². The fourth-order valence-electron chi connectivity index (χ4n) is 1.42. The molecule has 1 aromatic heterocycles. The van der Waals surface area contributed by atoms with Crippen molar-refractivity contribution >= 4 is 21.9 Å². The number of hydrogen-bond donors (Lipinski definition) is 1. The van der Waals surface area contributed by atoms with Crippen molar-refractivity contribution in [3.63, 3.8) is 0 Å². The van der Waals surface area contributed by atoms with Crippen molar-refractivity contribution in [2.45, 2.75) is 6.92 Å². The molecule has 0 aliphatic carbocycles. The first-order valence-corrected chi connectivity index (χ1v) is 5.92. The predicted molar refractivity (Wildman–Crippen MR) is 69.3 cm³/mol. The summed E-state index contributed by atoms with van der Waals surface area (Å²) in [6.07, 6.45) is 1.76. The van der Waals surface area contributed by atoms with E-state index in [0.29, 0.717) is 5.95 Å². The molecule has 1 aromatic carbocycles. The molecule has 0 atom stereocenters. The van der Waals surface area contributed by atoms with E-state index in [0.717, 1.165) is 22.3 Å². The molecule has 0 amide bonds. The molecule has 0 aliphatic rings. The number of nitrogens with zero attached hydrogens (tertiary/aromatic N) is 2. The van der Waals surface area contributed by atoms with Crippen LogP contribution in [0.3, 0.4) is 0 Å². The summed E-state index contributed by atoms with van der Waals surface area (Å²) in [6.45, 7) is 2.84. The van der Waals surface area contributed by atoms with Gasteiger partial charge in [-0.1, -0.05) is 34.1 Å². The molecule has 2 aromatic rings. The van der Waals surface area contributed by atoms with Gasteiger partial charge in [0.25, 0.3) is 0 Å². The van der Waals surface area contributed by atoms with Crippen molar-refractivity contribution in [2.75, 3.05) is 11.9 Å². The number of halogens is 1. The molecule has 2 rings (SSSR count). The highest BCUT2D eigenvalue weighted by Crippen LogP contribution is 2.26. The topological polar surface area (TPSA) is 37.8 Å². The Morgan fingerprint density at radius 1 is 1.25 bits per heavy atom. The molecular formula is C12H12BrN3. The highest BCUT2D eigenvalue weighted by Gasteiger charge is 2.04. The van der Waals surface area contributed by atoms with E-state index in [2.05, 4.69) is 31.2 Å². The van der Waals surface area contributed by atoms with Gasteiger partial charge in [0.1, 0.15) is 0 Å². The first-order valence-electron chi connectivity index (χ1n) is 5.13. The largest absolute Gasteiger partial charge is 0.354 e. The van der Waals surface area contributed by atoms with Crippen molar-refractivity contribution < 1.29 is 0 Å². The minimum atomic E-state index is 0.663. The number of anilines is 1. The first kappa shape index (κ1) is 11.1. The third-order valence-electron chi connectivity index (χ3n) is 2.14. The third-order valence-corrected chi connectivity index (χ3v) is 2.83. The second-order valence-corrected chi connectivity index (χ2v) is 4.13. The Morgan fingerprint density at radius 2 is 2.06 bits per heavy atom. The standard InChI is InChI=1S/C12H12BrN3/c1-2-14-12-15-8-7-11(16-12)9-5-3-4-6-10(9)13/h3-8H,2H2,1H3,(H,14,15,16). The van der Waals surface area contributed by atoms with Crippen LogP contribution in [0, 0.1) is 0 Å². The van der Waals surface area contributed by atoms with Gasteiger partial charge in [0.2, 0.25) is 5.95 Å². The second kappa shape index (κ2) is 5.07. The maximum Gasteiger partial charge on any atom is 0.223 e. The zero-order valence-corrected chi connectivity index (χ0v) is 10.5. The van der Waals surface area contributed by atoms with Gasteiger partial charge in [0.05, 0.1) is 5.69 Å². The van der Waals surface area contributed by atoms with E-state index >= 15 is 0 Å². The molecule has 0 bridgehead atoms. The van der Waals surface area contributed by atoms with Gasteiger partial charge in [0, 0.05) is 22.8 Å². The smallest absolute Gasteiger partial charge is 0.223 e. The highest BCUT2D eigenvalue weighted by atomic mass is 79.9. The van der Waals surface area contributed by atoms with Crippen molar-refractivity contribution in [1.29, 1.82) is 0 Å². The van der Waals surface area contributed by atoms with E-state index in [-0.39, 0.29) is 0 Å². The van der Waals surface area contributed by atoms with Crippen LogP contribution in [0.2, 0.25) is 0 Å². The fourth-order valence-corrected chi connectivity index (χ4v) is 1.91. The average molecular weight is 278 g/mol. The van der Waals surface area contributed by atoms with E-state index in [1.807, 2.05) is 37.3 Å². The lowest BCUT2D eigenvalue weighted by Crippen LogP contribution is -2.02. The maximum absolute atomic E-state index is 4.44. The Kier molecular flexibility index (Phi) is 3.51. The zero-order chi connectivity index (χ0) is 11.4. The van der Waals surface area contributed by atoms with Gasteiger partial charge in [-0.05, 0) is 19.1 Å². The summed E-state index contributed by atoms with van der Waals surface area (Å²) in [7, 11) is 0. The minimum absolute atomic E-state index is 0.663. The van der Waals surface area contributed by atoms with Gasteiger partial charge in [-0.3, -0.25) is 0 Å². The summed E-state index contributed by atoms with van der Waals surface area (Å²) in [4.78, 5) is 8.59. The number of rotatable bonds is 3. The molecule has 0 spiro atoms. The number of aromatic nitrogens is 2. The Balaban J connectivity index is 2.40. The zero-order valence-electron chi connectivity index (χ0n) is 8.94. The molecule has 0 aliphatic heterocycles. The van der Waals surface area contributed by atoms with E-state index in [9.17, 15) is 0 Å². The summed E-state index contributed by atoms with van der Waals surface area (Å²) in [5.41, 5.74) is 1.99. The minimum Gasteiger partial charge on any atom is -0.354 e. The van der Waals surface area contributed by atoms with Crippen LogP contribution in [-0.2, 0) is 0 Å². The van der Waals surface area contributed by atoms with Gasteiger partial charge in [-0.25, -0.2) is 9.97 Å². The van der Waals surface area contributed by atoms with Crippen molar-refractivity contribution in [1.82, 2.24) is 9.97 Å². The summed E-state index contributed by atoms with van der Waals surface area (Å²) in [5.74, 6) is 0.663. The van der Waals surface area contributed by atoms with Crippen molar-refractivity contribution in [3.8, 4) is 11.3 Å². The van der Waals surface area contributed by atoms with E-state index in [4.69, 9.17) is 0 Å². The molecule has 4 heteroatoms. The van der Waals surface area contributed by atoms with Gasteiger partial charge >= 0.3 is 0 Å². The molecule has 82 valence electrons. The molecule has 0 unspecified atom stereocenters. The van der Waals surface area contributed by atoms with Crippen LogP contribution in [0.25, 0.3) is 11.3 Å². The lowest BCUT2D eigenvalue weighted by Gasteiger charge is -2.05. The number of hydrogen-bond acceptors (Lipinski definition) is 3. The average Bonchev–Trinajstić information content (AvgIpc) is 2.30. The summed E-state index contributed by atoms with van der Waals surface area (Å²) >= 11 is 3.52. The molecule has 1 heterocycles. The lowest BCUT2D eigenvalue weighted by atomic mass is 10.1. The van der Waals surface area contributed by atoms with Crippen LogP contribution in [-0.4, -0.2) is 16.5 Å². The molecular weight excluding hydrogens is 266 g/mol. The van der Waals surface area contributed by atoms with Crippen LogP contribution in [0.15, 0.2) is 41.0 Å². The first-order chi connectivity index (χ1) is 7.81. The maximum atomic E-state index is 4.44. The highest BCUT2D eigenvalue weighted by molar-refractivity contribution is 9.10. The summed E-state index contributed by atoms with van der Waals surface area (Å²) in [5, 5.41) is 3.10. The Hall–Kier alpha value is -1.42. The predicted octanol–water partition coefficient (Wildman–Crippen LogP) is 3.34. The molecule has 1 N–H and O–H groups in total. The van der Waals surface area contributed by atoms with E-state index in [1.54, 1.807) is 6.20 Å². The second-order valence-electron chi connectivity index (χ2n) is 3.28. The van der Waals surface area contributed by atoms with Crippen LogP contribution < -0.4 is 5.32 Å². The SMILES string of the molecule is CCNc1nccc(-c2ccccc2Br)n1. The normalized spacial score (nSPS) is 10.1. The Bertz CT molecular complexity index is 485. The Labute approximate surface area is 103 Å². The molecule has 0 saturated heterocycles. The quantitative estimate of drug-likeness (QED) is 0.935. The summed E-state index contributed by atoms with van der Waals surface area (Å²) < 4.78 is 1.04. The summed E-state index contributed by atoms with van der Waals surface area (Å²) in [6, 6.07) is 9.92. The lowest BCUT2D eigenvalue weighted by molar-refractivity contribution is 1.09. The van der Waals surface area contributed by atoms with Crippen LogP contribution >= 0.6 is 15.9 Å². The van der Waals surface area contributed by atoms with Crippen molar-refractivity contribution in [3.05, 3.63) is 41.0 Å². The van der Waals surface area contributed by atoms with Crippen LogP contribution in [0.4, 0.5) is 5.95 Å². The van der Waals surface area contributed by atoms with E-state index < -0.39 is 0 Å². The van der Waals surface area contributed by atoms with Gasteiger partial charge in [0.15, 0.2) is 0 Å². The van der Waals surface area contributed by atoms with E-state index in [1.165, 1.54) is 0 Å². The molecule has 0 radical (unpaired) electrons. The van der Waals surface area contributed by atoms with Crippen molar-refractivity contribution in [2.24, 2.45) is 0 Å².